The van der Waals surface area contributed by atoms with Crippen LogP contribution >= 0.6 is 11.3 Å². The van der Waals surface area contributed by atoms with E-state index in [0.717, 1.165) is 32.5 Å². The molecule has 0 amide bonds. The average molecular weight is 396 g/mol. The van der Waals surface area contributed by atoms with Crippen molar-refractivity contribution in [3.05, 3.63) is 56.8 Å². The molecule has 1 aromatic heterocycles. The van der Waals surface area contributed by atoms with Crippen LogP contribution in [-0.2, 0) is 16.6 Å². The summed E-state index contributed by atoms with van der Waals surface area (Å²) in [6, 6.07) is 7.55. The zero-order valence-corrected chi connectivity index (χ0v) is 15.8. The van der Waals surface area contributed by atoms with Crippen LogP contribution in [0.5, 0.6) is 0 Å². The highest BCUT2D eigenvalue weighted by molar-refractivity contribution is 7.89. The summed E-state index contributed by atoms with van der Waals surface area (Å²) in [6.07, 6.45) is 1.81. The van der Waals surface area contributed by atoms with E-state index in [1.54, 1.807) is 11.3 Å². The lowest BCUT2D eigenvalue weighted by Gasteiger charge is -2.31. The number of rotatable bonds is 7. The van der Waals surface area contributed by atoms with Gasteiger partial charge < -0.3 is 0 Å². The number of benzene rings is 1. The molecule has 0 spiro atoms. The third-order valence-electron chi connectivity index (χ3n) is 4.61. The van der Waals surface area contributed by atoms with Gasteiger partial charge >= 0.3 is 0 Å². The highest BCUT2D eigenvalue weighted by Gasteiger charge is 2.27. The van der Waals surface area contributed by atoms with E-state index in [2.05, 4.69) is 26.4 Å². The van der Waals surface area contributed by atoms with E-state index in [-0.39, 0.29) is 10.8 Å². The minimum atomic E-state index is -3.89. The van der Waals surface area contributed by atoms with Crippen molar-refractivity contribution < 1.29 is 13.3 Å². The second kappa shape index (κ2) is 8.26. The van der Waals surface area contributed by atoms with Crippen molar-refractivity contribution in [2.75, 3.05) is 19.6 Å². The van der Waals surface area contributed by atoms with Crippen molar-refractivity contribution in [1.29, 1.82) is 0 Å². The molecule has 3 rings (SSSR count). The van der Waals surface area contributed by atoms with Gasteiger partial charge in [-0.25, -0.2) is 13.1 Å². The number of nitrogens with zero attached hydrogens (tertiary/aromatic N) is 2. The van der Waals surface area contributed by atoms with E-state index in [4.69, 9.17) is 0 Å². The van der Waals surface area contributed by atoms with Gasteiger partial charge in [0.05, 0.1) is 4.92 Å². The van der Waals surface area contributed by atoms with E-state index in [9.17, 15) is 18.5 Å². The molecule has 140 valence electrons. The molecular formula is C17H21N3O4S2. The molecule has 0 aliphatic carbocycles. The smallest absolute Gasteiger partial charge is 0.289 e. The van der Waals surface area contributed by atoms with Gasteiger partial charge in [0.15, 0.2) is 4.90 Å². The Morgan fingerprint density at radius 3 is 2.62 bits per heavy atom. The number of hydrogen-bond acceptors (Lipinski definition) is 6. The zero-order chi connectivity index (χ0) is 18.6. The molecular weight excluding hydrogens is 374 g/mol. The molecule has 0 saturated carbocycles. The lowest BCUT2D eigenvalue weighted by molar-refractivity contribution is -0.387. The molecule has 1 aromatic carbocycles. The van der Waals surface area contributed by atoms with Gasteiger partial charge in [0.1, 0.15) is 0 Å². The number of nitrogens with one attached hydrogen (secondary N) is 1. The summed E-state index contributed by atoms with van der Waals surface area (Å²) in [7, 11) is -3.89. The second-order valence-electron chi connectivity index (χ2n) is 6.43. The van der Waals surface area contributed by atoms with Gasteiger partial charge in [-0.05, 0) is 60.3 Å². The van der Waals surface area contributed by atoms with Gasteiger partial charge in [0.2, 0.25) is 10.0 Å². The van der Waals surface area contributed by atoms with E-state index >= 15 is 0 Å². The fourth-order valence-corrected chi connectivity index (χ4v) is 5.08. The van der Waals surface area contributed by atoms with Crippen LogP contribution in [0.3, 0.4) is 0 Å². The van der Waals surface area contributed by atoms with Crippen molar-refractivity contribution in [1.82, 2.24) is 9.62 Å². The summed E-state index contributed by atoms with van der Waals surface area (Å²) in [5.74, 6) is 0.242. The van der Waals surface area contributed by atoms with E-state index in [0.29, 0.717) is 6.54 Å². The van der Waals surface area contributed by atoms with Gasteiger partial charge in [-0.15, -0.1) is 0 Å². The number of nitro groups is 1. The Labute approximate surface area is 156 Å². The van der Waals surface area contributed by atoms with Crippen LogP contribution in [0.4, 0.5) is 5.69 Å². The number of likely N-dealkylation sites (tertiary alicyclic amines) is 1. The monoisotopic (exact) mass is 395 g/mol. The van der Waals surface area contributed by atoms with Crippen molar-refractivity contribution in [3.8, 4) is 0 Å². The number of para-hydroxylation sites is 1. The van der Waals surface area contributed by atoms with Gasteiger partial charge in [-0.3, -0.25) is 15.0 Å². The third-order valence-corrected chi connectivity index (χ3v) is 6.81. The Morgan fingerprint density at radius 1 is 1.23 bits per heavy atom. The Balaban J connectivity index is 1.54. The first-order chi connectivity index (χ1) is 12.5. The maximum atomic E-state index is 12.5. The predicted molar refractivity (Wildman–Crippen MR) is 101 cm³/mol. The Kier molecular flexibility index (Phi) is 6.02. The normalized spacial score (nSPS) is 16.6. The SMILES string of the molecule is O=[N+]([O-])c1ccccc1S(=O)(=O)NCC1CCN(Cc2ccsc2)CC1. The molecule has 0 unspecified atom stereocenters. The van der Waals surface area contributed by atoms with Crippen molar-refractivity contribution >= 4 is 27.0 Å². The van der Waals surface area contributed by atoms with Crippen LogP contribution in [0.15, 0.2) is 46.0 Å². The summed E-state index contributed by atoms with van der Waals surface area (Å²) >= 11 is 1.69. The van der Waals surface area contributed by atoms with Crippen molar-refractivity contribution in [2.24, 2.45) is 5.92 Å². The average Bonchev–Trinajstić information content (AvgIpc) is 3.14. The van der Waals surface area contributed by atoms with Crippen molar-refractivity contribution in [2.45, 2.75) is 24.3 Å². The van der Waals surface area contributed by atoms with E-state index in [1.165, 1.54) is 29.8 Å². The van der Waals surface area contributed by atoms with Crippen molar-refractivity contribution in [3.63, 3.8) is 0 Å². The summed E-state index contributed by atoms with van der Waals surface area (Å²) in [5, 5.41) is 15.3. The topological polar surface area (TPSA) is 92.5 Å². The molecule has 26 heavy (non-hydrogen) atoms. The Bertz CT molecular complexity index is 845. The highest BCUT2D eigenvalue weighted by Crippen LogP contribution is 2.24. The number of hydrogen-bond donors (Lipinski definition) is 1. The second-order valence-corrected chi connectivity index (χ2v) is 8.94. The largest absolute Gasteiger partial charge is 0.299 e. The minimum Gasteiger partial charge on any atom is -0.299 e. The first-order valence-electron chi connectivity index (χ1n) is 8.42. The van der Waals surface area contributed by atoms with Crippen LogP contribution in [0.2, 0.25) is 0 Å². The quantitative estimate of drug-likeness (QED) is 0.575. The summed E-state index contributed by atoms with van der Waals surface area (Å²) in [5.41, 5.74) is 0.913. The molecule has 1 saturated heterocycles. The summed E-state index contributed by atoms with van der Waals surface area (Å²) in [6.45, 7) is 3.08. The minimum absolute atomic E-state index is 0.242. The predicted octanol–water partition coefficient (Wildman–Crippen LogP) is 2.85. The van der Waals surface area contributed by atoms with Gasteiger partial charge in [0.25, 0.3) is 5.69 Å². The molecule has 2 heterocycles. The lowest BCUT2D eigenvalue weighted by Crippen LogP contribution is -2.38. The molecule has 9 heteroatoms. The molecule has 0 radical (unpaired) electrons. The maximum absolute atomic E-state index is 12.5. The molecule has 2 aromatic rings. The fraction of sp³-hybridized carbons (Fsp3) is 0.412. The van der Waals surface area contributed by atoms with E-state index in [1.807, 2.05) is 0 Å². The Morgan fingerprint density at radius 2 is 1.96 bits per heavy atom. The number of thiophene rings is 1. The van der Waals surface area contributed by atoms with Gasteiger partial charge in [0, 0.05) is 19.2 Å². The number of piperidine rings is 1. The number of nitro benzene ring substituents is 1. The van der Waals surface area contributed by atoms with Crippen LogP contribution in [-0.4, -0.2) is 37.9 Å². The molecule has 0 bridgehead atoms. The van der Waals surface area contributed by atoms with Crippen LogP contribution in [0.1, 0.15) is 18.4 Å². The maximum Gasteiger partial charge on any atom is 0.289 e. The summed E-state index contributed by atoms with van der Waals surface area (Å²) in [4.78, 5) is 12.5. The van der Waals surface area contributed by atoms with Gasteiger partial charge in [-0.1, -0.05) is 12.1 Å². The Hall–Kier alpha value is -1.81. The van der Waals surface area contributed by atoms with Crippen LogP contribution < -0.4 is 4.72 Å². The molecule has 7 nitrogen and oxygen atoms in total. The van der Waals surface area contributed by atoms with E-state index < -0.39 is 20.6 Å². The highest BCUT2D eigenvalue weighted by atomic mass is 32.2. The molecule has 0 atom stereocenters. The molecule has 1 aliphatic rings. The zero-order valence-electron chi connectivity index (χ0n) is 14.2. The van der Waals surface area contributed by atoms with Crippen LogP contribution in [0, 0.1) is 16.0 Å². The third kappa shape index (κ3) is 4.67. The fourth-order valence-electron chi connectivity index (χ4n) is 3.13. The lowest BCUT2D eigenvalue weighted by atomic mass is 9.97. The molecule has 1 fully saturated rings. The molecule has 1 aliphatic heterocycles. The first-order valence-corrected chi connectivity index (χ1v) is 10.8. The summed E-state index contributed by atoms with van der Waals surface area (Å²) < 4.78 is 27.5. The van der Waals surface area contributed by atoms with Crippen LogP contribution in [0.25, 0.3) is 0 Å². The molecule has 1 N–H and O–H groups in total. The first kappa shape index (κ1) is 19.0. The standard InChI is InChI=1S/C17H21N3O4S2/c21-20(22)16-3-1-2-4-17(16)26(23,24)18-11-14-5-8-19(9-6-14)12-15-7-10-25-13-15/h1-4,7,10,13-14,18H,5-6,8-9,11-12H2. The van der Waals surface area contributed by atoms with Gasteiger partial charge in [-0.2, -0.15) is 11.3 Å². The number of sulfonamides is 1.